The Labute approximate surface area is 154 Å². The number of aryl methyl sites for hydroxylation is 1. The van der Waals surface area contributed by atoms with E-state index < -0.39 is 9.84 Å². The zero-order chi connectivity index (χ0) is 18.0. The number of nitrogens with zero attached hydrogens (tertiary/aromatic N) is 2. The number of benzene rings is 2. The Morgan fingerprint density at radius 3 is 2.44 bits per heavy atom. The monoisotopic (exact) mass is 418 g/mol. The second kappa shape index (κ2) is 6.93. The minimum atomic E-state index is -3.25. The zero-order valence-corrected chi connectivity index (χ0v) is 16.0. The Balaban J connectivity index is 2.12. The van der Waals surface area contributed by atoms with E-state index in [2.05, 4.69) is 26.1 Å². The fourth-order valence-electron chi connectivity index (χ4n) is 2.32. The maximum atomic E-state index is 11.7. The molecule has 1 heterocycles. The van der Waals surface area contributed by atoms with Crippen LogP contribution in [0.1, 0.15) is 22.8 Å². The van der Waals surface area contributed by atoms with Gasteiger partial charge in [0, 0.05) is 16.3 Å². The van der Waals surface area contributed by atoms with Crippen LogP contribution in [0.5, 0.6) is 0 Å². The Morgan fingerprint density at radius 1 is 1.16 bits per heavy atom. The van der Waals surface area contributed by atoms with E-state index in [4.69, 9.17) is 4.52 Å². The van der Waals surface area contributed by atoms with E-state index in [1.807, 2.05) is 30.3 Å². The van der Waals surface area contributed by atoms with Gasteiger partial charge in [0.15, 0.2) is 15.7 Å². The molecule has 0 spiro atoms. The third kappa shape index (κ3) is 4.24. The first-order chi connectivity index (χ1) is 11.8. The maximum absolute atomic E-state index is 11.7. The second-order valence-electron chi connectivity index (χ2n) is 5.56. The lowest BCUT2D eigenvalue weighted by molar-refractivity contribution is 0.403. The molecule has 0 atom stereocenters. The molecule has 0 bridgehead atoms. The summed E-state index contributed by atoms with van der Waals surface area (Å²) in [7, 11) is -3.25. The largest absolute Gasteiger partial charge is 0.334 e. The van der Waals surface area contributed by atoms with E-state index in [0.717, 1.165) is 21.2 Å². The van der Waals surface area contributed by atoms with Crippen molar-refractivity contribution in [2.24, 2.45) is 0 Å². The van der Waals surface area contributed by atoms with Crippen LogP contribution in [0.2, 0.25) is 0 Å². The number of halogens is 1. The average molecular weight is 419 g/mol. The predicted molar refractivity (Wildman–Crippen MR) is 99.7 cm³/mol. The van der Waals surface area contributed by atoms with E-state index in [0.29, 0.717) is 11.7 Å². The predicted octanol–water partition coefficient (Wildman–Crippen LogP) is 4.13. The highest BCUT2D eigenvalue weighted by molar-refractivity contribution is 9.10. The van der Waals surface area contributed by atoms with Crippen LogP contribution in [0.25, 0.3) is 11.6 Å². The van der Waals surface area contributed by atoms with Crippen LogP contribution in [0.15, 0.2) is 62.4 Å². The van der Waals surface area contributed by atoms with Gasteiger partial charge in [0.2, 0.25) is 0 Å². The first-order valence-electron chi connectivity index (χ1n) is 7.41. The lowest BCUT2D eigenvalue weighted by Crippen LogP contribution is -1.97. The van der Waals surface area contributed by atoms with Crippen molar-refractivity contribution in [3.05, 3.63) is 75.8 Å². The normalized spacial score (nSPS) is 12.4. The van der Waals surface area contributed by atoms with Gasteiger partial charge in [-0.25, -0.2) is 8.42 Å². The first-order valence-corrected chi connectivity index (χ1v) is 10.1. The molecule has 5 nitrogen and oxygen atoms in total. The van der Waals surface area contributed by atoms with Gasteiger partial charge in [0.25, 0.3) is 5.89 Å². The highest BCUT2D eigenvalue weighted by Crippen LogP contribution is 2.27. The number of hydrogen-bond donors (Lipinski definition) is 0. The molecule has 3 aromatic rings. The average Bonchev–Trinajstić information content (AvgIpc) is 2.98. The van der Waals surface area contributed by atoms with E-state index in [1.165, 1.54) is 6.26 Å². The molecule has 0 unspecified atom stereocenters. The number of aromatic nitrogens is 2. The van der Waals surface area contributed by atoms with Crippen LogP contribution in [-0.4, -0.2) is 24.8 Å². The summed E-state index contributed by atoms with van der Waals surface area (Å²) in [6.07, 6.45) is 3.11. The molecule has 1 aromatic heterocycles. The maximum Gasteiger partial charge on any atom is 0.258 e. The lowest BCUT2D eigenvalue weighted by atomic mass is 10.0. The topological polar surface area (TPSA) is 73.1 Å². The van der Waals surface area contributed by atoms with Crippen molar-refractivity contribution in [2.75, 3.05) is 6.26 Å². The molecular weight excluding hydrogens is 404 g/mol. The van der Waals surface area contributed by atoms with E-state index in [1.54, 1.807) is 31.2 Å². The van der Waals surface area contributed by atoms with Crippen LogP contribution in [-0.2, 0) is 9.84 Å². The van der Waals surface area contributed by atoms with Gasteiger partial charge in [-0.05, 0) is 48.4 Å². The standard InChI is InChI=1S/C18H15BrN2O3S/c1-12-20-18(24-21-12)17(11-13-4-3-5-15(19)10-13)14-6-8-16(9-7-14)25(2,22)23/h3-11H,1-2H3. The highest BCUT2D eigenvalue weighted by atomic mass is 79.9. The molecular formula is C18H15BrN2O3S. The SMILES string of the molecule is Cc1noc(C(=Cc2cccc(Br)c2)c2ccc(S(C)(=O)=O)cc2)n1. The fourth-order valence-corrected chi connectivity index (χ4v) is 3.37. The van der Waals surface area contributed by atoms with Gasteiger partial charge in [0.05, 0.1) is 4.90 Å². The molecule has 0 saturated carbocycles. The summed E-state index contributed by atoms with van der Waals surface area (Å²) in [6, 6.07) is 14.4. The molecule has 0 aliphatic carbocycles. The summed E-state index contributed by atoms with van der Waals surface area (Å²) in [4.78, 5) is 4.56. The van der Waals surface area contributed by atoms with Crippen molar-refractivity contribution < 1.29 is 12.9 Å². The van der Waals surface area contributed by atoms with E-state index in [-0.39, 0.29) is 4.90 Å². The summed E-state index contributed by atoms with van der Waals surface area (Å²) in [6.45, 7) is 1.75. The minimum Gasteiger partial charge on any atom is -0.334 e. The molecule has 0 saturated heterocycles. The minimum absolute atomic E-state index is 0.264. The van der Waals surface area contributed by atoms with Crippen LogP contribution in [0.3, 0.4) is 0 Å². The van der Waals surface area contributed by atoms with Crippen LogP contribution >= 0.6 is 15.9 Å². The van der Waals surface area contributed by atoms with Crippen LogP contribution < -0.4 is 0 Å². The molecule has 0 radical (unpaired) electrons. The molecule has 0 aliphatic heterocycles. The first kappa shape index (κ1) is 17.6. The summed E-state index contributed by atoms with van der Waals surface area (Å²) < 4.78 is 29.6. The van der Waals surface area contributed by atoms with Crippen molar-refractivity contribution in [1.29, 1.82) is 0 Å². The molecule has 3 rings (SSSR count). The summed E-state index contributed by atoms with van der Waals surface area (Å²) >= 11 is 3.45. The zero-order valence-electron chi connectivity index (χ0n) is 13.6. The van der Waals surface area contributed by atoms with Gasteiger partial charge >= 0.3 is 0 Å². The van der Waals surface area contributed by atoms with Gasteiger partial charge in [-0.2, -0.15) is 4.98 Å². The fraction of sp³-hybridized carbons (Fsp3) is 0.111. The van der Waals surface area contributed by atoms with Gasteiger partial charge in [-0.1, -0.05) is 45.4 Å². The summed E-state index contributed by atoms with van der Waals surface area (Å²) in [5, 5.41) is 3.85. The lowest BCUT2D eigenvalue weighted by Gasteiger charge is -2.06. The van der Waals surface area contributed by atoms with Crippen LogP contribution in [0.4, 0.5) is 0 Å². The van der Waals surface area contributed by atoms with Gasteiger partial charge in [-0.15, -0.1) is 0 Å². The van der Waals surface area contributed by atoms with E-state index >= 15 is 0 Å². The molecule has 0 aliphatic rings. The number of sulfone groups is 1. The molecule has 128 valence electrons. The molecule has 0 amide bonds. The Morgan fingerprint density at radius 2 is 1.88 bits per heavy atom. The molecule has 2 aromatic carbocycles. The summed E-state index contributed by atoms with van der Waals surface area (Å²) in [5.74, 6) is 0.910. The third-order valence-electron chi connectivity index (χ3n) is 3.51. The van der Waals surface area contributed by atoms with Crippen molar-refractivity contribution in [2.45, 2.75) is 11.8 Å². The number of rotatable bonds is 4. The molecule has 0 fully saturated rings. The Hall–Kier alpha value is -2.25. The Bertz CT molecular complexity index is 1040. The quantitative estimate of drug-likeness (QED) is 0.595. The van der Waals surface area contributed by atoms with Gasteiger partial charge < -0.3 is 4.52 Å². The smallest absolute Gasteiger partial charge is 0.258 e. The van der Waals surface area contributed by atoms with Crippen molar-refractivity contribution in [3.63, 3.8) is 0 Å². The van der Waals surface area contributed by atoms with E-state index in [9.17, 15) is 8.42 Å². The highest BCUT2D eigenvalue weighted by Gasteiger charge is 2.14. The van der Waals surface area contributed by atoms with Gasteiger partial charge in [-0.3, -0.25) is 0 Å². The molecule has 0 N–H and O–H groups in total. The van der Waals surface area contributed by atoms with Crippen molar-refractivity contribution >= 4 is 37.4 Å². The summed E-state index contributed by atoms with van der Waals surface area (Å²) in [5.41, 5.74) is 2.46. The number of hydrogen-bond acceptors (Lipinski definition) is 5. The van der Waals surface area contributed by atoms with Crippen molar-refractivity contribution in [3.8, 4) is 0 Å². The van der Waals surface area contributed by atoms with Crippen molar-refractivity contribution in [1.82, 2.24) is 10.1 Å². The molecule has 7 heteroatoms. The molecule has 25 heavy (non-hydrogen) atoms. The third-order valence-corrected chi connectivity index (χ3v) is 5.13. The Kier molecular flexibility index (Phi) is 4.87. The van der Waals surface area contributed by atoms with Crippen LogP contribution in [0, 0.1) is 6.92 Å². The van der Waals surface area contributed by atoms with Gasteiger partial charge in [0.1, 0.15) is 0 Å². The second-order valence-corrected chi connectivity index (χ2v) is 8.49.